The lowest BCUT2D eigenvalue weighted by Crippen LogP contribution is -1.98. The van der Waals surface area contributed by atoms with Crippen LogP contribution in [-0.2, 0) is 0 Å². The van der Waals surface area contributed by atoms with Gasteiger partial charge in [-0.25, -0.2) is 0 Å². The van der Waals surface area contributed by atoms with Crippen LogP contribution in [0.15, 0.2) is 36.4 Å². The molecular weight excluding hydrogens is 252 g/mol. The van der Waals surface area contributed by atoms with Gasteiger partial charge in [0.15, 0.2) is 0 Å². The van der Waals surface area contributed by atoms with Crippen LogP contribution in [0, 0.1) is 22.7 Å². The predicted molar refractivity (Wildman–Crippen MR) is 76.6 cm³/mol. The molecule has 0 aliphatic rings. The van der Waals surface area contributed by atoms with Crippen molar-refractivity contribution >= 4 is 17.1 Å². The molecule has 0 heterocycles. The van der Waals surface area contributed by atoms with E-state index in [1.54, 1.807) is 36.4 Å². The summed E-state index contributed by atoms with van der Waals surface area (Å²) in [5.74, 6) is 0.532. The van der Waals surface area contributed by atoms with E-state index in [1.165, 1.54) is 7.11 Å². The molecule has 0 bridgehead atoms. The number of rotatable bonds is 3. The first-order valence-corrected chi connectivity index (χ1v) is 5.82. The Morgan fingerprint density at radius 2 is 1.80 bits per heavy atom. The van der Waals surface area contributed by atoms with Gasteiger partial charge in [0.05, 0.1) is 35.7 Å². The number of hydrogen-bond donors (Lipinski definition) is 2. The third-order valence-corrected chi connectivity index (χ3v) is 2.76. The number of nitrogens with one attached hydrogen (secondary N) is 1. The molecule has 0 atom stereocenters. The molecule has 0 aromatic heterocycles. The first kappa shape index (κ1) is 13.3. The van der Waals surface area contributed by atoms with Crippen LogP contribution >= 0.6 is 0 Å². The van der Waals surface area contributed by atoms with Crippen molar-refractivity contribution in [3.8, 4) is 17.9 Å². The summed E-state index contributed by atoms with van der Waals surface area (Å²) in [6.07, 6.45) is 0. The molecule has 5 nitrogen and oxygen atoms in total. The minimum atomic E-state index is 0.441. The van der Waals surface area contributed by atoms with Gasteiger partial charge in [-0.05, 0) is 30.3 Å². The van der Waals surface area contributed by atoms with E-state index in [-0.39, 0.29) is 0 Å². The molecular formula is C15H12N4O. The summed E-state index contributed by atoms with van der Waals surface area (Å²) in [7, 11) is 1.52. The third-order valence-electron chi connectivity index (χ3n) is 2.76. The highest BCUT2D eigenvalue weighted by Gasteiger charge is 2.08. The fourth-order valence-corrected chi connectivity index (χ4v) is 1.77. The first-order valence-electron chi connectivity index (χ1n) is 5.82. The topological polar surface area (TPSA) is 94.9 Å². The SMILES string of the molecule is COc1cc(C#N)ccc1Nc1ccc(N)cc1C#N. The molecule has 0 fully saturated rings. The fourth-order valence-electron chi connectivity index (χ4n) is 1.77. The highest BCUT2D eigenvalue weighted by molar-refractivity contribution is 5.73. The molecule has 0 unspecified atom stereocenters. The lowest BCUT2D eigenvalue weighted by Gasteiger charge is -2.12. The summed E-state index contributed by atoms with van der Waals surface area (Å²) >= 11 is 0. The van der Waals surface area contributed by atoms with Crippen LogP contribution in [0.5, 0.6) is 5.75 Å². The van der Waals surface area contributed by atoms with Gasteiger partial charge in [0.25, 0.3) is 0 Å². The van der Waals surface area contributed by atoms with Gasteiger partial charge in [0, 0.05) is 11.8 Å². The number of benzene rings is 2. The molecule has 20 heavy (non-hydrogen) atoms. The Morgan fingerprint density at radius 1 is 1.05 bits per heavy atom. The van der Waals surface area contributed by atoms with E-state index in [9.17, 15) is 0 Å². The van der Waals surface area contributed by atoms with E-state index in [4.69, 9.17) is 21.0 Å². The van der Waals surface area contributed by atoms with Crippen molar-refractivity contribution in [3.63, 3.8) is 0 Å². The van der Waals surface area contributed by atoms with E-state index >= 15 is 0 Å². The summed E-state index contributed by atoms with van der Waals surface area (Å²) in [6.45, 7) is 0. The Bertz CT molecular complexity index is 726. The minimum absolute atomic E-state index is 0.441. The summed E-state index contributed by atoms with van der Waals surface area (Å²) < 4.78 is 5.24. The van der Waals surface area contributed by atoms with Crippen LogP contribution in [0.3, 0.4) is 0 Å². The summed E-state index contributed by atoms with van der Waals surface area (Å²) in [5.41, 5.74) is 8.43. The van der Waals surface area contributed by atoms with E-state index < -0.39 is 0 Å². The van der Waals surface area contributed by atoms with E-state index in [2.05, 4.69) is 11.4 Å². The van der Waals surface area contributed by atoms with Crippen LogP contribution < -0.4 is 15.8 Å². The first-order chi connectivity index (χ1) is 9.67. The number of methoxy groups -OCH3 is 1. The van der Waals surface area contributed by atoms with Crippen molar-refractivity contribution in [3.05, 3.63) is 47.5 Å². The Balaban J connectivity index is 2.41. The van der Waals surface area contributed by atoms with Gasteiger partial charge in [-0.2, -0.15) is 10.5 Å². The molecule has 0 aliphatic heterocycles. The van der Waals surface area contributed by atoms with E-state index in [0.29, 0.717) is 33.9 Å². The normalized spacial score (nSPS) is 9.35. The summed E-state index contributed by atoms with van der Waals surface area (Å²) in [5, 5.41) is 21.1. The molecule has 2 aromatic carbocycles. The molecule has 0 aliphatic carbocycles. The van der Waals surface area contributed by atoms with Crippen molar-refractivity contribution in [2.24, 2.45) is 0 Å². The molecule has 0 saturated carbocycles. The van der Waals surface area contributed by atoms with Gasteiger partial charge in [-0.15, -0.1) is 0 Å². The lowest BCUT2D eigenvalue weighted by atomic mass is 10.1. The van der Waals surface area contributed by atoms with Crippen molar-refractivity contribution < 1.29 is 4.74 Å². The number of nitrogens with zero attached hydrogens (tertiary/aromatic N) is 2. The number of nitrogen functional groups attached to an aromatic ring is 1. The van der Waals surface area contributed by atoms with Crippen LogP contribution in [0.25, 0.3) is 0 Å². The highest BCUT2D eigenvalue weighted by atomic mass is 16.5. The van der Waals surface area contributed by atoms with Crippen LogP contribution in [0.1, 0.15) is 11.1 Å². The number of anilines is 3. The summed E-state index contributed by atoms with van der Waals surface area (Å²) in [4.78, 5) is 0. The second kappa shape index (κ2) is 5.64. The average Bonchev–Trinajstić information content (AvgIpc) is 2.49. The van der Waals surface area contributed by atoms with E-state index in [0.717, 1.165) is 0 Å². The highest BCUT2D eigenvalue weighted by Crippen LogP contribution is 2.30. The Labute approximate surface area is 116 Å². The maximum absolute atomic E-state index is 9.11. The van der Waals surface area contributed by atoms with Gasteiger partial charge in [0.2, 0.25) is 0 Å². The zero-order chi connectivity index (χ0) is 14.5. The maximum Gasteiger partial charge on any atom is 0.143 e. The van der Waals surface area contributed by atoms with Gasteiger partial charge in [0.1, 0.15) is 11.8 Å². The fraction of sp³-hybridized carbons (Fsp3) is 0.0667. The van der Waals surface area contributed by atoms with Crippen LogP contribution in [-0.4, -0.2) is 7.11 Å². The smallest absolute Gasteiger partial charge is 0.143 e. The van der Waals surface area contributed by atoms with Gasteiger partial charge in [-0.3, -0.25) is 0 Å². The maximum atomic E-state index is 9.11. The molecule has 98 valence electrons. The zero-order valence-electron chi connectivity index (χ0n) is 10.8. The number of ether oxygens (including phenoxy) is 1. The minimum Gasteiger partial charge on any atom is -0.495 e. The molecule has 3 N–H and O–H groups in total. The number of nitriles is 2. The third kappa shape index (κ3) is 2.63. The average molecular weight is 264 g/mol. The molecule has 0 saturated heterocycles. The molecule has 0 radical (unpaired) electrons. The Morgan fingerprint density at radius 3 is 2.45 bits per heavy atom. The van der Waals surface area contributed by atoms with Crippen molar-refractivity contribution in [1.82, 2.24) is 0 Å². The summed E-state index contributed by atoms with van der Waals surface area (Å²) in [6, 6.07) is 14.2. The predicted octanol–water partition coefficient (Wildman–Crippen LogP) is 2.76. The van der Waals surface area contributed by atoms with Crippen molar-refractivity contribution in [1.29, 1.82) is 10.5 Å². The van der Waals surface area contributed by atoms with Crippen LogP contribution in [0.4, 0.5) is 17.1 Å². The molecule has 0 amide bonds. The monoisotopic (exact) mass is 264 g/mol. The largest absolute Gasteiger partial charge is 0.495 e. The van der Waals surface area contributed by atoms with Gasteiger partial charge >= 0.3 is 0 Å². The standard InChI is InChI=1S/C15H12N4O/c1-20-15-6-10(8-16)2-4-14(15)19-13-5-3-12(18)7-11(13)9-17/h2-7,19H,18H2,1H3. The van der Waals surface area contributed by atoms with Crippen molar-refractivity contribution in [2.45, 2.75) is 0 Å². The Hall–Kier alpha value is -3.18. The van der Waals surface area contributed by atoms with Gasteiger partial charge in [-0.1, -0.05) is 0 Å². The van der Waals surface area contributed by atoms with Crippen molar-refractivity contribution in [2.75, 3.05) is 18.2 Å². The van der Waals surface area contributed by atoms with Gasteiger partial charge < -0.3 is 15.8 Å². The molecule has 2 aromatic rings. The second-order valence-electron chi connectivity index (χ2n) is 4.07. The number of hydrogen-bond acceptors (Lipinski definition) is 5. The quantitative estimate of drug-likeness (QED) is 0.831. The van der Waals surface area contributed by atoms with E-state index in [1.807, 2.05) is 6.07 Å². The van der Waals surface area contributed by atoms with Crippen LogP contribution in [0.2, 0.25) is 0 Å². The molecule has 2 rings (SSSR count). The Kier molecular flexibility index (Phi) is 3.74. The molecule has 5 heteroatoms. The lowest BCUT2D eigenvalue weighted by molar-refractivity contribution is 0.416. The second-order valence-corrected chi connectivity index (χ2v) is 4.07. The number of nitrogens with two attached hydrogens (primary N) is 1. The zero-order valence-corrected chi connectivity index (χ0v) is 10.8. The molecule has 0 spiro atoms.